The number of hydrogen-bond acceptors (Lipinski definition) is 5. The predicted octanol–water partition coefficient (Wildman–Crippen LogP) is 2.42. The molecule has 1 aromatic rings. The van der Waals surface area contributed by atoms with Gasteiger partial charge in [-0.05, 0) is 39.7 Å². The molecule has 26 heavy (non-hydrogen) atoms. The topological polar surface area (TPSA) is 115 Å². The molecule has 2 heterocycles. The smallest absolute Gasteiger partial charge is 0.410 e. The monoisotopic (exact) mass is 382 g/mol. The van der Waals surface area contributed by atoms with E-state index in [2.05, 4.69) is 10.3 Å². The van der Waals surface area contributed by atoms with Crippen molar-refractivity contribution in [3.63, 3.8) is 0 Å². The lowest BCUT2D eigenvalue weighted by molar-refractivity contribution is -0.121. The molecule has 9 heteroatoms. The summed E-state index contributed by atoms with van der Waals surface area (Å²) in [7, 11) is 0. The van der Waals surface area contributed by atoms with Crippen LogP contribution in [-0.4, -0.2) is 46.5 Å². The molecule has 1 aliphatic heterocycles. The Morgan fingerprint density at radius 2 is 1.92 bits per heavy atom. The fourth-order valence-corrected chi connectivity index (χ4v) is 2.78. The third-order valence-electron chi connectivity index (χ3n) is 3.91. The van der Waals surface area contributed by atoms with Crippen molar-refractivity contribution in [2.45, 2.75) is 39.2 Å². The molecule has 1 saturated heterocycles. The van der Waals surface area contributed by atoms with Crippen molar-refractivity contribution in [1.82, 2.24) is 9.88 Å². The van der Waals surface area contributed by atoms with Crippen LogP contribution in [0.4, 0.5) is 10.5 Å². The first-order valence-corrected chi connectivity index (χ1v) is 8.69. The third kappa shape index (κ3) is 5.32. The predicted molar refractivity (Wildman–Crippen MR) is 96.9 cm³/mol. The first-order chi connectivity index (χ1) is 12.1. The van der Waals surface area contributed by atoms with Gasteiger partial charge in [-0.3, -0.25) is 9.59 Å². The summed E-state index contributed by atoms with van der Waals surface area (Å²) in [6.45, 7) is 6.27. The Labute approximate surface area is 157 Å². The summed E-state index contributed by atoms with van der Waals surface area (Å²) in [5.41, 5.74) is 5.07. The molecule has 8 nitrogen and oxygen atoms in total. The van der Waals surface area contributed by atoms with Crippen molar-refractivity contribution < 1.29 is 19.1 Å². The van der Waals surface area contributed by atoms with Crippen LogP contribution in [0.5, 0.6) is 0 Å². The standard InChI is InChI=1S/C17H23ClN4O4/c1-17(2,3)26-16(25)22-6-4-10(5-7-22)15(24)21-12-9-20-13(18)8-11(12)14(19)23/h8-10H,4-7H2,1-3H3,(H2,19,23)(H,21,24). The average molecular weight is 383 g/mol. The summed E-state index contributed by atoms with van der Waals surface area (Å²) in [4.78, 5) is 41.5. The van der Waals surface area contributed by atoms with Gasteiger partial charge in [0.05, 0.1) is 17.4 Å². The molecule has 1 fully saturated rings. The zero-order valence-corrected chi connectivity index (χ0v) is 15.8. The van der Waals surface area contributed by atoms with Crippen LogP contribution in [0, 0.1) is 5.92 Å². The fourth-order valence-electron chi connectivity index (χ4n) is 2.62. The highest BCUT2D eigenvalue weighted by Crippen LogP contribution is 2.23. The van der Waals surface area contributed by atoms with Gasteiger partial charge in [-0.25, -0.2) is 9.78 Å². The van der Waals surface area contributed by atoms with Crippen LogP contribution in [0.25, 0.3) is 0 Å². The van der Waals surface area contributed by atoms with Crippen molar-refractivity contribution in [2.75, 3.05) is 18.4 Å². The minimum Gasteiger partial charge on any atom is -0.444 e. The van der Waals surface area contributed by atoms with E-state index >= 15 is 0 Å². The molecule has 0 atom stereocenters. The van der Waals surface area contributed by atoms with E-state index in [4.69, 9.17) is 22.1 Å². The van der Waals surface area contributed by atoms with Gasteiger partial charge >= 0.3 is 6.09 Å². The second-order valence-corrected chi connectivity index (χ2v) is 7.54. The number of hydrogen-bond donors (Lipinski definition) is 2. The Morgan fingerprint density at radius 1 is 1.31 bits per heavy atom. The lowest BCUT2D eigenvalue weighted by Crippen LogP contribution is -2.43. The van der Waals surface area contributed by atoms with E-state index in [1.807, 2.05) is 20.8 Å². The minimum atomic E-state index is -0.704. The maximum Gasteiger partial charge on any atom is 0.410 e. The third-order valence-corrected chi connectivity index (χ3v) is 4.12. The number of piperidine rings is 1. The average Bonchev–Trinajstić information content (AvgIpc) is 2.54. The van der Waals surface area contributed by atoms with Gasteiger partial charge in [-0.2, -0.15) is 0 Å². The molecule has 3 N–H and O–H groups in total. The fraction of sp³-hybridized carbons (Fsp3) is 0.529. The van der Waals surface area contributed by atoms with Gasteiger partial charge in [0.15, 0.2) is 0 Å². The molecular formula is C17H23ClN4O4. The van der Waals surface area contributed by atoms with Gasteiger partial charge in [0.25, 0.3) is 5.91 Å². The minimum absolute atomic E-state index is 0.101. The van der Waals surface area contributed by atoms with Crippen LogP contribution in [0.2, 0.25) is 5.15 Å². The van der Waals surface area contributed by atoms with Crippen LogP contribution < -0.4 is 11.1 Å². The molecule has 0 saturated carbocycles. The largest absolute Gasteiger partial charge is 0.444 e. The van der Waals surface area contributed by atoms with E-state index in [1.165, 1.54) is 12.3 Å². The Balaban J connectivity index is 1.95. The lowest BCUT2D eigenvalue weighted by atomic mass is 9.96. The van der Waals surface area contributed by atoms with E-state index in [-0.39, 0.29) is 34.3 Å². The summed E-state index contributed by atoms with van der Waals surface area (Å²) in [5, 5.41) is 2.79. The highest BCUT2D eigenvalue weighted by Gasteiger charge is 2.30. The van der Waals surface area contributed by atoms with Gasteiger partial charge in [0, 0.05) is 19.0 Å². The van der Waals surface area contributed by atoms with Crippen LogP contribution in [-0.2, 0) is 9.53 Å². The number of halogens is 1. The number of aromatic nitrogens is 1. The number of anilines is 1. The maximum atomic E-state index is 12.5. The molecule has 0 radical (unpaired) electrons. The summed E-state index contributed by atoms with van der Waals surface area (Å²) in [6, 6.07) is 1.31. The number of carbonyl (C=O) groups excluding carboxylic acids is 3. The van der Waals surface area contributed by atoms with E-state index < -0.39 is 11.5 Å². The van der Waals surface area contributed by atoms with E-state index in [9.17, 15) is 14.4 Å². The lowest BCUT2D eigenvalue weighted by Gasteiger charge is -2.33. The molecule has 1 aromatic heterocycles. The second-order valence-electron chi connectivity index (χ2n) is 7.15. The Hall–Kier alpha value is -2.35. The quantitative estimate of drug-likeness (QED) is 0.779. The number of primary amides is 1. The Kier molecular flexibility index (Phi) is 6.07. The Morgan fingerprint density at radius 3 is 2.46 bits per heavy atom. The van der Waals surface area contributed by atoms with E-state index in [1.54, 1.807) is 4.90 Å². The molecule has 0 aromatic carbocycles. The zero-order chi connectivity index (χ0) is 19.5. The number of carbonyl (C=O) groups is 3. The molecule has 0 bridgehead atoms. The molecule has 142 valence electrons. The van der Waals surface area contributed by atoms with E-state index in [0.717, 1.165) is 0 Å². The zero-order valence-electron chi connectivity index (χ0n) is 15.0. The molecular weight excluding hydrogens is 360 g/mol. The van der Waals surface area contributed by atoms with Crippen LogP contribution >= 0.6 is 11.6 Å². The molecule has 0 aliphatic carbocycles. The number of rotatable bonds is 3. The van der Waals surface area contributed by atoms with Gasteiger partial charge in [0.2, 0.25) is 5.91 Å². The molecule has 3 amide bonds. The molecule has 0 spiro atoms. The van der Waals surface area contributed by atoms with Gasteiger partial charge < -0.3 is 20.7 Å². The van der Waals surface area contributed by atoms with Crippen molar-refractivity contribution in [2.24, 2.45) is 11.7 Å². The summed E-state index contributed by atoms with van der Waals surface area (Å²) < 4.78 is 5.34. The summed E-state index contributed by atoms with van der Waals surface area (Å²) in [6.07, 6.45) is 1.92. The normalized spacial score (nSPS) is 15.5. The number of nitrogens with one attached hydrogen (secondary N) is 1. The highest BCUT2D eigenvalue weighted by molar-refractivity contribution is 6.30. The SMILES string of the molecule is CC(C)(C)OC(=O)N1CCC(C(=O)Nc2cnc(Cl)cc2C(N)=O)CC1. The van der Waals surface area contributed by atoms with Crippen LogP contribution in [0.3, 0.4) is 0 Å². The summed E-state index contributed by atoms with van der Waals surface area (Å²) >= 11 is 5.76. The number of nitrogens with two attached hydrogens (primary N) is 1. The molecule has 2 rings (SSSR count). The van der Waals surface area contributed by atoms with Crippen molar-refractivity contribution >= 4 is 35.2 Å². The van der Waals surface area contributed by atoms with Crippen LogP contribution in [0.15, 0.2) is 12.3 Å². The van der Waals surface area contributed by atoms with Gasteiger partial charge in [-0.15, -0.1) is 0 Å². The number of ether oxygens (including phenoxy) is 1. The Bertz CT molecular complexity index is 709. The van der Waals surface area contributed by atoms with Crippen molar-refractivity contribution in [1.29, 1.82) is 0 Å². The van der Waals surface area contributed by atoms with Crippen molar-refractivity contribution in [3.8, 4) is 0 Å². The summed E-state index contributed by atoms with van der Waals surface area (Å²) in [5.74, 6) is -1.24. The number of pyridine rings is 1. The van der Waals surface area contributed by atoms with Crippen LogP contribution in [0.1, 0.15) is 44.0 Å². The first kappa shape index (κ1) is 20.0. The van der Waals surface area contributed by atoms with Crippen molar-refractivity contribution in [3.05, 3.63) is 23.0 Å². The molecule has 1 aliphatic rings. The number of likely N-dealkylation sites (tertiary alicyclic amines) is 1. The van der Waals surface area contributed by atoms with Gasteiger partial charge in [-0.1, -0.05) is 11.6 Å². The second kappa shape index (κ2) is 7.90. The van der Waals surface area contributed by atoms with E-state index in [0.29, 0.717) is 25.9 Å². The van der Waals surface area contributed by atoms with Gasteiger partial charge in [0.1, 0.15) is 10.8 Å². The maximum absolute atomic E-state index is 12.5. The molecule has 0 unspecified atom stereocenters. The number of nitrogens with zero attached hydrogens (tertiary/aromatic N) is 2. The number of amides is 3. The first-order valence-electron chi connectivity index (χ1n) is 8.31. The highest BCUT2D eigenvalue weighted by atomic mass is 35.5.